The summed E-state index contributed by atoms with van der Waals surface area (Å²) in [6, 6.07) is 3.14. The van der Waals surface area contributed by atoms with Gasteiger partial charge in [-0.1, -0.05) is 5.92 Å². The molecule has 5 nitrogen and oxygen atoms in total. The number of rotatable bonds is 4. The summed E-state index contributed by atoms with van der Waals surface area (Å²) in [6.07, 6.45) is 1.16. The third-order valence-corrected chi connectivity index (χ3v) is 2.81. The molecule has 0 amide bonds. The topological polar surface area (TPSA) is 52.8 Å². The molecular formula is C14H13F3N4O. The average Bonchev–Trinajstić information content (AvgIpc) is 2.92. The van der Waals surface area contributed by atoms with E-state index >= 15 is 0 Å². The Hall–Kier alpha value is -2.40. The average molecular weight is 310 g/mol. The Bertz CT molecular complexity index is 703. The van der Waals surface area contributed by atoms with Crippen LogP contribution in [-0.2, 0) is 10.9 Å². The fourth-order valence-corrected chi connectivity index (χ4v) is 1.88. The van der Waals surface area contributed by atoms with Crippen LogP contribution >= 0.6 is 0 Å². The molecule has 116 valence electrons. The zero-order valence-corrected chi connectivity index (χ0v) is 11.9. The first-order valence-electron chi connectivity index (χ1n) is 6.45. The highest BCUT2D eigenvalue weighted by Gasteiger charge is 2.39. The fourth-order valence-electron chi connectivity index (χ4n) is 1.88. The predicted molar refractivity (Wildman–Crippen MR) is 72.5 cm³/mol. The Labute approximate surface area is 125 Å². The molecule has 0 bridgehead atoms. The van der Waals surface area contributed by atoms with Gasteiger partial charge in [0.05, 0.1) is 5.56 Å². The van der Waals surface area contributed by atoms with Crippen LogP contribution in [0, 0.1) is 12.3 Å². The molecule has 22 heavy (non-hydrogen) atoms. The number of aromatic nitrogens is 4. The minimum atomic E-state index is -4.66. The lowest BCUT2D eigenvalue weighted by Gasteiger charge is -2.15. The highest BCUT2D eigenvalue weighted by molar-refractivity contribution is 5.60. The van der Waals surface area contributed by atoms with Crippen LogP contribution < -0.4 is 0 Å². The molecule has 1 unspecified atom stereocenters. The monoisotopic (exact) mass is 310 g/mol. The summed E-state index contributed by atoms with van der Waals surface area (Å²) in [5.41, 5.74) is 0.440. The first kappa shape index (κ1) is 16.0. The van der Waals surface area contributed by atoms with Crippen LogP contribution in [0.2, 0.25) is 0 Å². The third-order valence-electron chi connectivity index (χ3n) is 2.81. The number of halogens is 3. The quantitative estimate of drug-likeness (QED) is 0.815. The lowest BCUT2D eigenvalue weighted by Crippen LogP contribution is -2.20. The summed E-state index contributed by atoms with van der Waals surface area (Å²) in [7, 11) is 0. The van der Waals surface area contributed by atoms with E-state index in [9.17, 15) is 13.2 Å². The van der Waals surface area contributed by atoms with Gasteiger partial charge in [-0.3, -0.25) is 4.98 Å². The number of hydrogen-bond acceptors (Lipinski definition) is 4. The first-order valence-corrected chi connectivity index (χ1v) is 6.45. The van der Waals surface area contributed by atoms with Crippen LogP contribution in [0.5, 0.6) is 0 Å². The lowest BCUT2D eigenvalue weighted by atomic mass is 10.2. The zero-order chi connectivity index (χ0) is 16.3. The predicted octanol–water partition coefficient (Wildman–Crippen LogP) is 2.90. The van der Waals surface area contributed by atoms with Crippen molar-refractivity contribution in [3.63, 3.8) is 0 Å². The number of nitrogens with zero attached hydrogens (tertiary/aromatic N) is 4. The van der Waals surface area contributed by atoms with E-state index in [1.165, 1.54) is 13.1 Å². The summed E-state index contributed by atoms with van der Waals surface area (Å²) in [5.74, 6) is 1.01. The van der Waals surface area contributed by atoms with Crippen molar-refractivity contribution >= 4 is 0 Å². The van der Waals surface area contributed by atoms with Crippen LogP contribution in [-0.4, -0.2) is 26.4 Å². The van der Waals surface area contributed by atoms with Crippen LogP contribution in [0.4, 0.5) is 13.2 Å². The molecule has 2 rings (SSSR count). The van der Waals surface area contributed by atoms with Gasteiger partial charge in [0.25, 0.3) is 0 Å². The van der Waals surface area contributed by atoms with Gasteiger partial charge in [0.1, 0.15) is 11.9 Å². The SMILES string of the molecule is C#Cc1cccnc1-c1nc(C(F)(F)F)n(C(C)OCC)n1. The Morgan fingerprint density at radius 2 is 2.18 bits per heavy atom. The second-order valence-electron chi connectivity index (χ2n) is 4.30. The minimum absolute atomic E-state index is 0.123. The van der Waals surface area contributed by atoms with Gasteiger partial charge in [-0.25, -0.2) is 9.67 Å². The molecule has 0 aliphatic rings. The van der Waals surface area contributed by atoms with Gasteiger partial charge in [-0.05, 0) is 26.0 Å². The summed E-state index contributed by atoms with van der Waals surface area (Å²) < 4.78 is 45.2. The Morgan fingerprint density at radius 3 is 2.77 bits per heavy atom. The smallest absolute Gasteiger partial charge is 0.357 e. The molecule has 0 radical (unpaired) electrons. The fraction of sp³-hybridized carbons (Fsp3) is 0.357. The second kappa shape index (κ2) is 6.15. The largest absolute Gasteiger partial charge is 0.451 e. The summed E-state index contributed by atoms with van der Waals surface area (Å²) in [4.78, 5) is 7.53. The summed E-state index contributed by atoms with van der Waals surface area (Å²) in [5, 5.41) is 3.88. The highest BCUT2D eigenvalue weighted by atomic mass is 19.4. The van der Waals surface area contributed by atoms with E-state index in [-0.39, 0.29) is 18.1 Å². The van der Waals surface area contributed by atoms with E-state index < -0.39 is 18.2 Å². The standard InChI is InChI=1S/C14H13F3N4O/c1-4-10-7-6-8-18-11(10)12-19-13(14(15,16)17)21(20-12)9(3)22-5-2/h1,6-9H,5H2,2-3H3. The normalized spacial score (nSPS) is 12.9. The Kier molecular flexibility index (Phi) is 4.47. The second-order valence-corrected chi connectivity index (χ2v) is 4.30. The molecule has 0 saturated carbocycles. The van der Waals surface area contributed by atoms with Gasteiger partial charge in [-0.2, -0.15) is 13.2 Å². The van der Waals surface area contributed by atoms with Crippen molar-refractivity contribution in [3.8, 4) is 23.9 Å². The highest BCUT2D eigenvalue weighted by Crippen LogP contribution is 2.31. The van der Waals surface area contributed by atoms with Gasteiger partial charge in [0.15, 0.2) is 0 Å². The van der Waals surface area contributed by atoms with Crippen molar-refractivity contribution < 1.29 is 17.9 Å². The molecule has 2 aromatic heterocycles. The van der Waals surface area contributed by atoms with Gasteiger partial charge >= 0.3 is 6.18 Å². The molecule has 0 saturated heterocycles. The number of hydrogen-bond donors (Lipinski definition) is 0. The molecule has 0 N–H and O–H groups in total. The maximum atomic E-state index is 13.1. The maximum absolute atomic E-state index is 13.1. The minimum Gasteiger partial charge on any atom is -0.357 e. The molecule has 0 aliphatic heterocycles. The number of ether oxygens (including phenoxy) is 1. The lowest BCUT2D eigenvalue weighted by molar-refractivity contribution is -0.153. The van der Waals surface area contributed by atoms with E-state index in [4.69, 9.17) is 11.2 Å². The summed E-state index contributed by atoms with van der Waals surface area (Å²) in [6.45, 7) is 3.38. The summed E-state index contributed by atoms with van der Waals surface area (Å²) >= 11 is 0. The van der Waals surface area contributed by atoms with Gasteiger partial charge in [0.2, 0.25) is 11.6 Å². The van der Waals surface area contributed by atoms with Crippen LogP contribution in [0.3, 0.4) is 0 Å². The van der Waals surface area contributed by atoms with E-state index in [0.717, 1.165) is 0 Å². The van der Waals surface area contributed by atoms with Crippen molar-refractivity contribution in [1.29, 1.82) is 0 Å². The van der Waals surface area contributed by atoms with Crippen LogP contribution in [0.15, 0.2) is 18.3 Å². The molecular weight excluding hydrogens is 297 g/mol. The van der Waals surface area contributed by atoms with Crippen LogP contribution in [0.25, 0.3) is 11.5 Å². The molecule has 2 aromatic rings. The maximum Gasteiger partial charge on any atom is 0.451 e. The van der Waals surface area contributed by atoms with Gasteiger partial charge < -0.3 is 4.74 Å². The van der Waals surface area contributed by atoms with Crippen molar-refractivity contribution in [2.45, 2.75) is 26.3 Å². The molecule has 0 aromatic carbocycles. The molecule has 0 aliphatic carbocycles. The van der Waals surface area contributed by atoms with Crippen molar-refractivity contribution in [3.05, 3.63) is 29.7 Å². The molecule has 1 atom stereocenters. The first-order chi connectivity index (χ1) is 10.4. The number of pyridine rings is 1. The van der Waals surface area contributed by atoms with E-state index in [2.05, 4.69) is 21.0 Å². The van der Waals surface area contributed by atoms with Crippen molar-refractivity contribution in [2.75, 3.05) is 6.61 Å². The van der Waals surface area contributed by atoms with E-state index in [1.54, 1.807) is 19.1 Å². The molecule has 8 heteroatoms. The van der Waals surface area contributed by atoms with Crippen molar-refractivity contribution in [1.82, 2.24) is 19.7 Å². The molecule has 2 heterocycles. The van der Waals surface area contributed by atoms with Gasteiger partial charge in [0, 0.05) is 12.8 Å². The number of terminal acetylenes is 1. The van der Waals surface area contributed by atoms with E-state index in [1.807, 2.05) is 0 Å². The molecule has 0 spiro atoms. The van der Waals surface area contributed by atoms with Crippen LogP contribution in [0.1, 0.15) is 31.5 Å². The van der Waals surface area contributed by atoms with E-state index in [0.29, 0.717) is 10.2 Å². The Morgan fingerprint density at radius 1 is 1.45 bits per heavy atom. The number of alkyl halides is 3. The molecule has 0 fully saturated rings. The zero-order valence-electron chi connectivity index (χ0n) is 11.9. The Balaban J connectivity index is 2.58. The third kappa shape index (κ3) is 3.09. The van der Waals surface area contributed by atoms with Crippen molar-refractivity contribution in [2.24, 2.45) is 0 Å². The van der Waals surface area contributed by atoms with Gasteiger partial charge in [-0.15, -0.1) is 11.5 Å².